The summed E-state index contributed by atoms with van der Waals surface area (Å²) in [5.74, 6) is -1.38. The van der Waals surface area contributed by atoms with Gasteiger partial charge in [-0.3, -0.25) is 4.79 Å². The van der Waals surface area contributed by atoms with Gasteiger partial charge < -0.3 is 14.8 Å². The SMILES string of the molecule is O=C(Nc1sc2c(c1C(=O)O)CCC2)c1ccoc1Br. The Morgan fingerprint density at radius 1 is 1.40 bits per heavy atom. The number of nitrogens with one attached hydrogen (secondary N) is 1. The third-order valence-corrected chi connectivity index (χ3v) is 5.05. The molecule has 1 aliphatic rings. The summed E-state index contributed by atoms with van der Waals surface area (Å²) in [6.07, 6.45) is 4.01. The van der Waals surface area contributed by atoms with Gasteiger partial charge in [0.2, 0.25) is 0 Å². The van der Waals surface area contributed by atoms with Crippen molar-refractivity contribution < 1.29 is 19.1 Å². The number of aryl methyl sites for hydroxylation is 1. The Kier molecular flexibility index (Phi) is 3.39. The molecule has 2 heterocycles. The van der Waals surface area contributed by atoms with Crippen molar-refractivity contribution >= 4 is 44.1 Å². The van der Waals surface area contributed by atoms with E-state index in [2.05, 4.69) is 21.2 Å². The highest BCUT2D eigenvalue weighted by atomic mass is 79.9. The zero-order chi connectivity index (χ0) is 14.3. The molecule has 1 aliphatic carbocycles. The number of rotatable bonds is 3. The summed E-state index contributed by atoms with van der Waals surface area (Å²) >= 11 is 4.48. The summed E-state index contributed by atoms with van der Waals surface area (Å²) in [4.78, 5) is 24.6. The van der Waals surface area contributed by atoms with E-state index in [9.17, 15) is 14.7 Å². The van der Waals surface area contributed by atoms with Gasteiger partial charge in [-0.25, -0.2) is 4.79 Å². The van der Waals surface area contributed by atoms with Gasteiger partial charge in [-0.15, -0.1) is 11.3 Å². The fraction of sp³-hybridized carbons (Fsp3) is 0.231. The van der Waals surface area contributed by atoms with Crippen LogP contribution in [0, 0.1) is 0 Å². The van der Waals surface area contributed by atoms with Crippen molar-refractivity contribution in [3.63, 3.8) is 0 Å². The molecule has 7 heteroatoms. The van der Waals surface area contributed by atoms with Crippen molar-refractivity contribution in [2.24, 2.45) is 0 Å². The molecule has 2 N–H and O–H groups in total. The maximum absolute atomic E-state index is 12.1. The Balaban J connectivity index is 1.94. The molecule has 20 heavy (non-hydrogen) atoms. The molecular formula is C13H10BrNO4S. The largest absolute Gasteiger partial charge is 0.478 e. The highest BCUT2D eigenvalue weighted by molar-refractivity contribution is 9.10. The minimum atomic E-state index is -0.994. The van der Waals surface area contributed by atoms with Gasteiger partial charge in [-0.1, -0.05) is 0 Å². The van der Waals surface area contributed by atoms with E-state index in [0.29, 0.717) is 15.2 Å². The average Bonchev–Trinajstić information content (AvgIpc) is 3.03. The summed E-state index contributed by atoms with van der Waals surface area (Å²) in [6.45, 7) is 0. The van der Waals surface area contributed by atoms with Crippen LogP contribution < -0.4 is 5.32 Å². The lowest BCUT2D eigenvalue weighted by Gasteiger charge is -2.04. The zero-order valence-electron chi connectivity index (χ0n) is 10.2. The monoisotopic (exact) mass is 355 g/mol. The van der Waals surface area contributed by atoms with E-state index in [-0.39, 0.29) is 11.5 Å². The highest BCUT2D eigenvalue weighted by Crippen LogP contribution is 2.39. The second-order valence-corrected chi connectivity index (χ2v) is 6.25. The van der Waals surface area contributed by atoms with E-state index in [1.54, 1.807) is 0 Å². The van der Waals surface area contributed by atoms with E-state index >= 15 is 0 Å². The third kappa shape index (κ3) is 2.16. The van der Waals surface area contributed by atoms with Gasteiger partial charge in [0, 0.05) is 4.88 Å². The van der Waals surface area contributed by atoms with E-state index in [0.717, 1.165) is 29.7 Å². The van der Waals surface area contributed by atoms with Crippen LogP contribution in [0.3, 0.4) is 0 Å². The first-order valence-electron chi connectivity index (χ1n) is 6.00. The first kappa shape index (κ1) is 13.4. The minimum absolute atomic E-state index is 0.232. The molecule has 0 fully saturated rings. The number of anilines is 1. The molecule has 0 unspecified atom stereocenters. The van der Waals surface area contributed by atoms with E-state index in [4.69, 9.17) is 4.42 Å². The molecule has 1 amide bonds. The van der Waals surface area contributed by atoms with Crippen LogP contribution >= 0.6 is 27.3 Å². The second-order valence-electron chi connectivity index (χ2n) is 4.43. The lowest BCUT2D eigenvalue weighted by atomic mass is 10.1. The molecule has 0 radical (unpaired) electrons. The molecule has 104 valence electrons. The molecule has 0 spiro atoms. The van der Waals surface area contributed by atoms with Gasteiger partial charge in [0.15, 0.2) is 4.67 Å². The number of fused-ring (bicyclic) bond motifs is 1. The summed E-state index contributed by atoms with van der Waals surface area (Å²) < 4.78 is 5.33. The molecular weight excluding hydrogens is 346 g/mol. The minimum Gasteiger partial charge on any atom is -0.478 e. The Morgan fingerprint density at radius 3 is 2.85 bits per heavy atom. The van der Waals surface area contributed by atoms with Crippen LogP contribution in [0.15, 0.2) is 21.4 Å². The van der Waals surface area contributed by atoms with Gasteiger partial charge in [0.05, 0.1) is 17.4 Å². The number of carboxylic acid groups (broad SMARTS) is 1. The number of hydrogen-bond acceptors (Lipinski definition) is 4. The quantitative estimate of drug-likeness (QED) is 0.882. The number of carboxylic acids is 1. The summed E-state index contributed by atoms with van der Waals surface area (Å²) in [5, 5.41) is 12.4. The normalized spacial score (nSPS) is 13.2. The first-order chi connectivity index (χ1) is 9.58. The van der Waals surface area contributed by atoms with Crippen molar-refractivity contribution in [2.75, 3.05) is 5.32 Å². The molecule has 0 saturated carbocycles. The average molecular weight is 356 g/mol. The standard InChI is InChI=1S/C13H10BrNO4S/c14-10-7(4-5-19-10)11(16)15-12-9(13(17)18)6-2-1-3-8(6)20-12/h4-5H,1-3H2,(H,15,16)(H,17,18). The number of aromatic carboxylic acids is 1. The summed E-state index contributed by atoms with van der Waals surface area (Å²) in [7, 11) is 0. The lowest BCUT2D eigenvalue weighted by molar-refractivity contribution is 0.0697. The molecule has 2 aromatic heterocycles. The maximum Gasteiger partial charge on any atom is 0.339 e. The van der Waals surface area contributed by atoms with E-state index in [1.807, 2.05) is 0 Å². The molecule has 0 bridgehead atoms. The van der Waals surface area contributed by atoms with Crippen LogP contribution in [0.2, 0.25) is 0 Å². The van der Waals surface area contributed by atoms with Gasteiger partial charge in [0.25, 0.3) is 5.91 Å². The fourth-order valence-electron chi connectivity index (χ4n) is 2.34. The topological polar surface area (TPSA) is 79.5 Å². The Morgan fingerprint density at radius 2 is 2.20 bits per heavy atom. The number of thiophene rings is 1. The summed E-state index contributed by atoms with van der Waals surface area (Å²) in [5.41, 5.74) is 1.44. The number of halogens is 1. The molecule has 0 aliphatic heterocycles. The molecule has 5 nitrogen and oxygen atoms in total. The Labute approximate surface area is 126 Å². The van der Waals surface area contributed by atoms with Gasteiger partial charge >= 0.3 is 5.97 Å². The summed E-state index contributed by atoms with van der Waals surface area (Å²) in [6, 6.07) is 1.53. The maximum atomic E-state index is 12.1. The van der Waals surface area contributed by atoms with E-state index in [1.165, 1.54) is 23.7 Å². The van der Waals surface area contributed by atoms with Gasteiger partial charge in [-0.2, -0.15) is 0 Å². The number of carbonyl (C=O) groups excluding carboxylic acids is 1. The Bertz CT molecular complexity index is 703. The second kappa shape index (κ2) is 5.06. The first-order valence-corrected chi connectivity index (χ1v) is 7.61. The number of carbonyl (C=O) groups is 2. The van der Waals surface area contributed by atoms with Crippen molar-refractivity contribution in [2.45, 2.75) is 19.3 Å². The van der Waals surface area contributed by atoms with Crippen molar-refractivity contribution in [3.05, 3.63) is 38.6 Å². The van der Waals surface area contributed by atoms with Crippen molar-refractivity contribution in [1.82, 2.24) is 0 Å². The van der Waals surface area contributed by atoms with Crippen molar-refractivity contribution in [1.29, 1.82) is 0 Å². The molecule has 0 saturated heterocycles. The van der Waals surface area contributed by atoms with Crippen LogP contribution in [-0.2, 0) is 12.8 Å². The van der Waals surface area contributed by atoms with Gasteiger partial charge in [0.1, 0.15) is 5.00 Å². The van der Waals surface area contributed by atoms with Crippen LogP contribution in [0.1, 0.15) is 37.6 Å². The zero-order valence-corrected chi connectivity index (χ0v) is 12.6. The number of amides is 1. The third-order valence-electron chi connectivity index (χ3n) is 3.22. The smallest absolute Gasteiger partial charge is 0.339 e. The molecule has 0 atom stereocenters. The number of hydrogen-bond donors (Lipinski definition) is 2. The predicted molar refractivity (Wildman–Crippen MR) is 77.7 cm³/mol. The lowest BCUT2D eigenvalue weighted by Crippen LogP contribution is -2.13. The molecule has 2 aromatic rings. The molecule has 3 rings (SSSR count). The van der Waals surface area contributed by atoms with Crippen LogP contribution in [0.4, 0.5) is 5.00 Å². The van der Waals surface area contributed by atoms with Crippen molar-refractivity contribution in [3.8, 4) is 0 Å². The van der Waals surface area contributed by atoms with Gasteiger partial charge in [-0.05, 0) is 46.8 Å². The fourth-order valence-corrected chi connectivity index (χ4v) is 4.04. The Hall–Kier alpha value is -1.60. The van der Waals surface area contributed by atoms with E-state index < -0.39 is 5.97 Å². The highest BCUT2D eigenvalue weighted by Gasteiger charge is 2.27. The number of furan rings is 1. The van der Waals surface area contributed by atoms with Crippen LogP contribution in [0.5, 0.6) is 0 Å². The van der Waals surface area contributed by atoms with Crippen LogP contribution in [-0.4, -0.2) is 17.0 Å². The molecule has 0 aromatic carbocycles. The van der Waals surface area contributed by atoms with Crippen LogP contribution in [0.25, 0.3) is 0 Å². The predicted octanol–water partition coefficient (Wildman–Crippen LogP) is 3.54.